The molecule has 0 aliphatic heterocycles. The zero-order valence-corrected chi connectivity index (χ0v) is 8.64. The molecule has 0 amide bonds. The lowest BCUT2D eigenvalue weighted by Crippen LogP contribution is -2.21. The standard InChI is InChI=1S/C12H14O3/c1-2-6-10(11(13)12(14)15)9-7-4-3-5-8-9/h3-5,7-8,10H,2,6H2,1H3,(H,14,15)/t10-/m0/s1. The summed E-state index contributed by atoms with van der Waals surface area (Å²) in [5, 5.41) is 8.69. The number of aliphatic carboxylic acids is 1. The number of carboxylic acid groups (broad SMARTS) is 1. The maximum absolute atomic E-state index is 11.4. The van der Waals surface area contributed by atoms with Crippen LogP contribution in [0, 0.1) is 0 Å². The summed E-state index contributed by atoms with van der Waals surface area (Å²) in [6.07, 6.45) is 1.37. The van der Waals surface area contributed by atoms with Crippen molar-refractivity contribution in [2.75, 3.05) is 0 Å². The second-order valence-corrected chi connectivity index (χ2v) is 3.42. The zero-order valence-electron chi connectivity index (χ0n) is 8.64. The Kier molecular flexibility index (Phi) is 4.03. The molecular weight excluding hydrogens is 192 g/mol. The van der Waals surface area contributed by atoms with Gasteiger partial charge in [-0.15, -0.1) is 0 Å². The number of ketones is 1. The fourth-order valence-corrected chi connectivity index (χ4v) is 1.57. The van der Waals surface area contributed by atoms with E-state index in [0.717, 1.165) is 12.0 Å². The highest BCUT2D eigenvalue weighted by Crippen LogP contribution is 2.22. The molecule has 0 aromatic heterocycles. The normalized spacial score (nSPS) is 12.1. The molecule has 0 spiro atoms. The number of carbonyl (C=O) groups excluding carboxylic acids is 1. The molecule has 15 heavy (non-hydrogen) atoms. The molecule has 3 nitrogen and oxygen atoms in total. The molecule has 0 radical (unpaired) electrons. The molecule has 1 rings (SSSR count). The lowest BCUT2D eigenvalue weighted by Gasteiger charge is -2.12. The van der Waals surface area contributed by atoms with Crippen LogP contribution in [-0.4, -0.2) is 16.9 Å². The highest BCUT2D eigenvalue weighted by Gasteiger charge is 2.25. The fraction of sp³-hybridized carbons (Fsp3) is 0.333. The lowest BCUT2D eigenvalue weighted by atomic mass is 9.90. The first-order valence-corrected chi connectivity index (χ1v) is 4.99. The predicted molar refractivity (Wildman–Crippen MR) is 56.7 cm³/mol. The number of Topliss-reactive ketones (excluding diaryl/α,β-unsaturated/α-hetero) is 1. The molecule has 0 unspecified atom stereocenters. The maximum Gasteiger partial charge on any atom is 0.372 e. The van der Waals surface area contributed by atoms with Crippen LogP contribution in [0.25, 0.3) is 0 Å². The van der Waals surface area contributed by atoms with Gasteiger partial charge >= 0.3 is 5.97 Å². The number of carbonyl (C=O) groups is 2. The summed E-state index contributed by atoms with van der Waals surface area (Å²) in [6.45, 7) is 1.94. The summed E-state index contributed by atoms with van der Waals surface area (Å²) in [6, 6.07) is 9.06. The summed E-state index contributed by atoms with van der Waals surface area (Å²) >= 11 is 0. The van der Waals surface area contributed by atoms with E-state index in [4.69, 9.17) is 5.11 Å². The van der Waals surface area contributed by atoms with Gasteiger partial charge in [0.05, 0.1) is 5.92 Å². The van der Waals surface area contributed by atoms with Crippen molar-refractivity contribution in [3.05, 3.63) is 35.9 Å². The first kappa shape index (κ1) is 11.4. The Morgan fingerprint density at radius 1 is 1.27 bits per heavy atom. The molecule has 0 saturated heterocycles. The van der Waals surface area contributed by atoms with Crippen LogP contribution >= 0.6 is 0 Å². The van der Waals surface area contributed by atoms with Crippen molar-refractivity contribution < 1.29 is 14.7 Å². The zero-order chi connectivity index (χ0) is 11.3. The Labute approximate surface area is 88.7 Å². The van der Waals surface area contributed by atoms with Gasteiger partial charge in [-0.2, -0.15) is 0 Å². The largest absolute Gasteiger partial charge is 0.475 e. The third kappa shape index (κ3) is 2.91. The average Bonchev–Trinajstić information content (AvgIpc) is 2.26. The first-order valence-electron chi connectivity index (χ1n) is 4.99. The van der Waals surface area contributed by atoms with Crippen molar-refractivity contribution in [1.82, 2.24) is 0 Å². The molecule has 0 fully saturated rings. The lowest BCUT2D eigenvalue weighted by molar-refractivity contribution is -0.149. The minimum absolute atomic E-state index is 0.506. The Morgan fingerprint density at radius 2 is 1.87 bits per heavy atom. The molecule has 0 bridgehead atoms. The maximum atomic E-state index is 11.4. The Bertz CT molecular complexity index is 343. The van der Waals surface area contributed by atoms with Gasteiger partial charge in [-0.25, -0.2) is 4.79 Å². The quantitative estimate of drug-likeness (QED) is 0.751. The Balaban J connectivity index is 2.93. The summed E-state index contributed by atoms with van der Waals surface area (Å²) in [5.74, 6) is -2.57. The van der Waals surface area contributed by atoms with Crippen LogP contribution in [-0.2, 0) is 9.59 Å². The molecule has 3 heteroatoms. The van der Waals surface area contributed by atoms with Crippen molar-refractivity contribution in [3.8, 4) is 0 Å². The van der Waals surface area contributed by atoms with Crippen LogP contribution in [0.1, 0.15) is 31.2 Å². The van der Waals surface area contributed by atoms with E-state index < -0.39 is 17.7 Å². The van der Waals surface area contributed by atoms with E-state index in [9.17, 15) is 9.59 Å². The van der Waals surface area contributed by atoms with Crippen LogP contribution < -0.4 is 0 Å². The van der Waals surface area contributed by atoms with Crippen LogP contribution in [0.4, 0.5) is 0 Å². The Hall–Kier alpha value is -1.64. The average molecular weight is 206 g/mol. The third-order valence-corrected chi connectivity index (χ3v) is 2.31. The van der Waals surface area contributed by atoms with Gasteiger partial charge in [0.15, 0.2) is 0 Å². The van der Waals surface area contributed by atoms with E-state index in [0.29, 0.717) is 6.42 Å². The van der Waals surface area contributed by atoms with E-state index in [-0.39, 0.29) is 0 Å². The number of benzene rings is 1. The van der Waals surface area contributed by atoms with Gasteiger partial charge in [0.25, 0.3) is 0 Å². The van der Waals surface area contributed by atoms with Crippen molar-refractivity contribution in [2.24, 2.45) is 0 Å². The second-order valence-electron chi connectivity index (χ2n) is 3.42. The molecule has 1 aromatic rings. The molecule has 1 N–H and O–H groups in total. The number of rotatable bonds is 5. The van der Waals surface area contributed by atoms with Crippen LogP contribution in [0.3, 0.4) is 0 Å². The van der Waals surface area contributed by atoms with Crippen LogP contribution in [0.5, 0.6) is 0 Å². The molecule has 0 heterocycles. The highest BCUT2D eigenvalue weighted by atomic mass is 16.4. The molecular formula is C12H14O3. The summed E-state index contributed by atoms with van der Waals surface area (Å²) in [7, 11) is 0. The smallest absolute Gasteiger partial charge is 0.372 e. The molecule has 1 aromatic carbocycles. The summed E-state index contributed by atoms with van der Waals surface area (Å²) in [4.78, 5) is 22.1. The monoisotopic (exact) mass is 206 g/mol. The van der Waals surface area contributed by atoms with Crippen LogP contribution in [0.2, 0.25) is 0 Å². The van der Waals surface area contributed by atoms with E-state index in [1.165, 1.54) is 0 Å². The number of hydrogen-bond acceptors (Lipinski definition) is 2. The van der Waals surface area contributed by atoms with Crippen molar-refractivity contribution in [3.63, 3.8) is 0 Å². The minimum atomic E-state index is -1.35. The van der Waals surface area contributed by atoms with E-state index in [2.05, 4.69) is 0 Å². The second kappa shape index (κ2) is 5.29. The first-order chi connectivity index (χ1) is 7.16. The molecule has 1 atom stereocenters. The van der Waals surface area contributed by atoms with Gasteiger partial charge in [0.1, 0.15) is 0 Å². The minimum Gasteiger partial charge on any atom is -0.475 e. The van der Waals surface area contributed by atoms with Crippen LogP contribution in [0.15, 0.2) is 30.3 Å². The summed E-state index contributed by atoms with van der Waals surface area (Å²) < 4.78 is 0. The fourth-order valence-electron chi connectivity index (χ4n) is 1.57. The van der Waals surface area contributed by atoms with E-state index in [1.54, 1.807) is 12.1 Å². The van der Waals surface area contributed by atoms with Gasteiger partial charge < -0.3 is 5.11 Å². The van der Waals surface area contributed by atoms with Crippen molar-refractivity contribution >= 4 is 11.8 Å². The number of carboxylic acids is 1. The summed E-state index contributed by atoms with van der Waals surface area (Å²) in [5.41, 5.74) is 0.784. The predicted octanol–water partition coefficient (Wildman–Crippen LogP) is 2.22. The SMILES string of the molecule is CCC[C@H](C(=O)C(=O)O)c1ccccc1. The molecule has 0 aliphatic carbocycles. The van der Waals surface area contributed by atoms with Gasteiger partial charge in [-0.05, 0) is 12.0 Å². The van der Waals surface area contributed by atoms with E-state index >= 15 is 0 Å². The van der Waals surface area contributed by atoms with Gasteiger partial charge in [0, 0.05) is 0 Å². The van der Waals surface area contributed by atoms with E-state index in [1.807, 2.05) is 25.1 Å². The van der Waals surface area contributed by atoms with Gasteiger partial charge in [-0.1, -0.05) is 43.7 Å². The van der Waals surface area contributed by atoms with Crippen molar-refractivity contribution in [1.29, 1.82) is 0 Å². The van der Waals surface area contributed by atoms with Gasteiger partial charge in [-0.3, -0.25) is 4.79 Å². The molecule has 0 saturated carbocycles. The highest BCUT2D eigenvalue weighted by molar-refractivity contribution is 6.34. The molecule has 80 valence electrons. The number of hydrogen-bond donors (Lipinski definition) is 1. The topological polar surface area (TPSA) is 54.4 Å². The Morgan fingerprint density at radius 3 is 2.33 bits per heavy atom. The van der Waals surface area contributed by atoms with Gasteiger partial charge in [0.2, 0.25) is 5.78 Å². The van der Waals surface area contributed by atoms with Crippen molar-refractivity contribution in [2.45, 2.75) is 25.7 Å². The third-order valence-electron chi connectivity index (χ3n) is 2.31. The molecule has 0 aliphatic rings.